The number of hydrogen-bond donors (Lipinski definition) is 1. The molecule has 1 amide bonds. The van der Waals surface area contributed by atoms with Crippen LogP contribution in [0.4, 0.5) is 13.2 Å². The Kier molecular flexibility index (Phi) is 9.73. The molecule has 6 heteroatoms. The van der Waals surface area contributed by atoms with Crippen molar-refractivity contribution in [2.45, 2.75) is 72.9 Å². The molecule has 1 aromatic heterocycles. The third kappa shape index (κ3) is 6.97. The van der Waals surface area contributed by atoms with Gasteiger partial charge in [0.05, 0.1) is 11.1 Å². The van der Waals surface area contributed by atoms with Crippen LogP contribution >= 0.6 is 11.3 Å². The molecule has 0 saturated heterocycles. The number of halogens is 3. The lowest BCUT2D eigenvalue weighted by atomic mass is 10.0. The third-order valence-corrected chi connectivity index (χ3v) is 5.67. The molecular weight excluding hydrogens is 383 g/mol. The van der Waals surface area contributed by atoms with Crippen LogP contribution in [0.2, 0.25) is 0 Å². The molecule has 0 radical (unpaired) electrons. The van der Waals surface area contributed by atoms with Crippen molar-refractivity contribution in [2.24, 2.45) is 0 Å². The Morgan fingerprint density at radius 2 is 1.89 bits per heavy atom. The van der Waals surface area contributed by atoms with E-state index >= 15 is 0 Å². The van der Waals surface area contributed by atoms with E-state index < -0.39 is 11.7 Å². The predicted octanol–water partition coefficient (Wildman–Crippen LogP) is 7.13. The minimum atomic E-state index is -4.49. The molecule has 0 aromatic carbocycles. The third-order valence-electron chi connectivity index (χ3n) is 4.49. The summed E-state index contributed by atoms with van der Waals surface area (Å²) in [4.78, 5) is 13.9. The van der Waals surface area contributed by atoms with Crippen molar-refractivity contribution in [1.29, 1.82) is 0 Å². The van der Waals surface area contributed by atoms with Gasteiger partial charge in [-0.1, -0.05) is 44.9 Å². The van der Waals surface area contributed by atoms with Crippen LogP contribution in [0.1, 0.15) is 74.7 Å². The van der Waals surface area contributed by atoms with E-state index in [1.54, 1.807) is 20.8 Å². The molecule has 0 aliphatic heterocycles. The van der Waals surface area contributed by atoms with Crippen LogP contribution in [0.25, 0.3) is 0 Å². The first-order valence-corrected chi connectivity index (χ1v) is 10.6. The van der Waals surface area contributed by atoms with Gasteiger partial charge in [-0.25, -0.2) is 0 Å². The lowest BCUT2D eigenvalue weighted by molar-refractivity contribution is -0.0883. The van der Waals surface area contributed by atoms with Crippen LogP contribution in [0.15, 0.2) is 40.5 Å². The molecule has 0 fully saturated rings. The highest BCUT2D eigenvalue weighted by Gasteiger charge is 2.32. The molecule has 1 aromatic rings. The lowest BCUT2D eigenvalue weighted by Crippen LogP contribution is -2.23. The Labute approximate surface area is 170 Å². The van der Waals surface area contributed by atoms with Gasteiger partial charge in [0.15, 0.2) is 0 Å². The van der Waals surface area contributed by atoms with Gasteiger partial charge in [0, 0.05) is 16.0 Å². The molecule has 0 saturated carbocycles. The summed E-state index contributed by atoms with van der Waals surface area (Å²) < 4.78 is 40.1. The normalized spacial score (nSPS) is 13.8. The zero-order valence-electron chi connectivity index (χ0n) is 17.3. The summed E-state index contributed by atoms with van der Waals surface area (Å²) in [7, 11) is 0. The maximum Gasteiger partial charge on any atom is 0.416 e. The molecule has 0 aliphatic rings. The van der Waals surface area contributed by atoms with Gasteiger partial charge in [0.1, 0.15) is 0 Å². The average Bonchev–Trinajstić information content (AvgIpc) is 3.06. The number of carbonyl (C=O) groups excluding carboxylic acids is 1. The van der Waals surface area contributed by atoms with Gasteiger partial charge in [-0.15, -0.1) is 11.3 Å². The van der Waals surface area contributed by atoms with E-state index in [1.165, 1.54) is 17.4 Å². The number of aryl methyl sites for hydroxylation is 1. The van der Waals surface area contributed by atoms with E-state index in [9.17, 15) is 18.0 Å². The molecule has 1 rings (SSSR count). The van der Waals surface area contributed by atoms with Crippen LogP contribution in [0.3, 0.4) is 0 Å². The summed E-state index contributed by atoms with van der Waals surface area (Å²) in [5.74, 6) is -0.357. The molecule has 0 bridgehead atoms. The predicted molar refractivity (Wildman–Crippen MR) is 112 cm³/mol. The second kappa shape index (κ2) is 11.2. The summed E-state index contributed by atoms with van der Waals surface area (Å²) in [5.41, 5.74) is 1.58. The van der Waals surface area contributed by atoms with Gasteiger partial charge in [-0.2, -0.15) is 13.2 Å². The van der Waals surface area contributed by atoms with Gasteiger partial charge >= 0.3 is 6.18 Å². The largest absolute Gasteiger partial charge is 0.416 e. The summed E-state index contributed by atoms with van der Waals surface area (Å²) in [6.45, 7) is 9.20. The minimum Gasteiger partial charge on any atom is -0.322 e. The van der Waals surface area contributed by atoms with Crippen molar-refractivity contribution in [2.75, 3.05) is 0 Å². The Balaban J connectivity index is 3.16. The van der Waals surface area contributed by atoms with Crippen LogP contribution in [0.5, 0.6) is 0 Å². The molecule has 0 atom stereocenters. The molecule has 28 heavy (non-hydrogen) atoms. The van der Waals surface area contributed by atoms with Gasteiger partial charge < -0.3 is 5.32 Å². The maximum atomic E-state index is 13.4. The number of amides is 1. The number of nitrogens with one attached hydrogen (secondary N) is 1. The summed E-state index contributed by atoms with van der Waals surface area (Å²) in [5, 5.41) is 4.46. The van der Waals surface area contributed by atoms with Crippen LogP contribution in [-0.2, 0) is 12.8 Å². The maximum absolute atomic E-state index is 13.4. The highest BCUT2D eigenvalue weighted by atomic mass is 32.1. The van der Waals surface area contributed by atoms with E-state index in [2.05, 4.69) is 12.2 Å². The standard InChI is InChI=1S/C22H30F3NOS/c1-6-10-11-18-19(14-28-20(18)9-4)21(27)26-17(8-3)13-16(22(23,24)25)12-15(5)7-2/h8,12-14H,6-7,9-11H2,1-5H3,(H,26,27)/b15-12+,16-13+,17-8+. The van der Waals surface area contributed by atoms with Crippen molar-refractivity contribution < 1.29 is 18.0 Å². The molecule has 0 unspecified atom stereocenters. The van der Waals surface area contributed by atoms with E-state index in [-0.39, 0.29) is 11.6 Å². The molecule has 1 N–H and O–H groups in total. The number of rotatable bonds is 9. The topological polar surface area (TPSA) is 29.1 Å². The first kappa shape index (κ1) is 24.2. The summed E-state index contributed by atoms with van der Waals surface area (Å²) >= 11 is 1.53. The minimum absolute atomic E-state index is 0.142. The van der Waals surface area contributed by atoms with Gasteiger partial charge in [-0.05, 0) is 51.2 Å². The fourth-order valence-corrected chi connectivity index (χ4v) is 3.70. The number of alkyl halides is 3. The van der Waals surface area contributed by atoms with Crippen LogP contribution in [-0.4, -0.2) is 12.1 Å². The van der Waals surface area contributed by atoms with E-state index in [0.29, 0.717) is 17.6 Å². The second-order valence-electron chi connectivity index (χ2n) is 6.65. The first-order chi connectivity index (χ1) is 13.2. The number of hydrogen-bond acceptors (Lipinski definition) is 2. The number of carbonyl (C=O) groups is 1. The zero-order valence-corrected chi connectivity index (χ0v) is 18.1. The van der Waals surface area contributed by atoms with Crippen molar-refractivity contribution >= 4 is 17.2 Å². The zero-order chi connectivity index (χ0) is 21.3. The molecule has 0 spiro atoms. The van der Waals surface area contributed by atoms with Crippen molar-refractivity contribution in [3.05, 3.63) is 56.5 Å². The van der Waals surface area contributed by atoms with E-state index in [1.807, 2.05) is 12.3 Å². The molecular formula is C22H30F3NOS. The molecule has 156 valence electrons. The Morgan fingerprint density at radius 1 is 1.21 bits per heavy atom. The number of unbranched alkanes of at least 4 members (excludes halogenated alkanes) is 1. The molecule has 1 heterocycles. The van der Waals surface area contributed by atoms with Gasteiger partial charge in [0.25, 0.3) is 5.91 Å². The van der Waals surface area contributed by atoms with E-state index in [4.69, 9.17) is 0 Å². The average molecular weight is 414 g/mol. The van der Waals surface area contributed by atoms with E-state index in [0.717, 1.165) is 48.3 Å². The Hall–Kier alpha value is -1.82. The SMILES string of the molecule is C\C=C(/C=C(\C=C(/C)CC)C(F)(F)F)NC(=O)c1csc(CC)c1CCCC. The van der Waals surface area contributed by atoms with Crippen molar-refractivity contribution in [1.82, 2.24) is 5.32 Å². The number of thiophene rings is 1. The smallest absolute Gasteiger partial charge is 0.322 e. The second-order valence-corrected chi connectivity index (χ2v) is 7.61. The Morgan fingerprint density at radius 3 is 2.39 bits per heavy atom. The highest BCUT2D eigenvalue weighted by molar-refractivity contribution is 7.10. The highest BCUT2D eigenvalue weighted by Crippen LogP contribution is 2.29. The number of allylic oxidation sites excluding steroid dienone is 5. The van der Waals surface area contributed by atoms with Crippen LogP contribution in [0, 0.1) is 0 Å². The van der Waals surface area contributed by atoms with Crippen LogP contribution < -0.4 is 5.32 Å². The van der Waals surface area contributed by atoms with Gasteiger partial charge in [-0.3, -0.25) is 4.79 Å². The van der Waals surface area contributed by atoms with Crippen molar-refractivity contribution in [3.8, 4) is 0 Å². The monoisotopic (exact) mass is 413 g/mol. The fraction of sp³-hybridized carbons (Fsp3) is 0.500. The summed E-state index contributed by atoms with van der Waals surface area (Å²) in [6, 6.07) is 0. The first-order valence-electron chi connectivity index (χ1n) is 9.70. The fourth-order valence-electron chi connectivity index (χ4n) is 2.67. The quantitative estimate of drug-likeness (QED) is 0.429. The van der Waals surface area contributed by atoms with Gasteiger partial charge in [0.2, 0.25) is 0 Å². The van der Waals surface area contributed by atoms with Crippen molar-refractivity contribution in [3.63, 3.8) is 0 Å². The molecule has 0 aliphatic carbocycles. The summed E-state index contributed by atoms with van der Waals surface area (Å²) in [6.07, 6.45) is 3.28. The Bertz CT molecular complexity index is 754. The lowest BCUT2D eigenvalue weighted by Gasteiger charge is -2.12. The molecule has 2 nitrogen and oxygen atoms in total.